The molecule has 6 heteroatoms. The van der Waals surface area contributed by atoms with E-state index in [1.54, 1.807) is 6.07 Å². The maximum absolute atomic E-state index is 12.8. The smallest absolute Gasteiger partial charge is 0.287 e. The van der Waals surface area contributed by atoms with Crippen molar-refractivity contribution in [2.45, 2.75) is 32.2 Å². The van der Waals surface area contributed by atoms with Gasteiger partial charge in [0.1, 0.15) is 5.58 Å². The van der Waals surface area contributed by atoms with E-state index >= 15 is 0 Å². The molecule has 5 nitrogen and oxygen atoms in total. The Balaban J connectivity index is 1.56. The zero-order valence-corrected chi connectivity index (χ0v) is 17.7. The maximum Gasteiger partial charge on any atom is 0.287 e. The number of rotatable bonds is 6. The highest BCUT2D eigenvalue weighted by molar-refractivity contribution is 6.31. The number of fused-ring (bicyclic) bond motifs is 1. The van der Waals surface area contributed by atoms with Gasteiger partial charge in [0.15, 0.2) is 11.2 Å². The lowest BCUT2D eigenvalue weighted by Crippen LogP contribution is -2.37. The van der Waals surface area contributed by atoms with E-state index in [9.17, 15) is 9.59 Å². The molecule has 1 N–H and O–H groups in total. The Labute approximate surface area is 180 Å². The van der Waals surface area contributed by atoms with Gasteiger partial charge in [0.25, 0.3) is 5.91 Å². The SMILES string of the molecule is CCc1ccc2oc(C(=O)NCC(c3ccccc3Cl)N3CCCC3)cc(=O)c2c1. The first-order valence-electron chi connectivity index (χ1n) is 10.4. The van der Waals surface area contributed by atoms with E-state index < -0.39 is 5.91 Å². The van der Waals surface area contributed by atoms with E-state index in [1.165, 1.54) is 6.07 Å². The van der Waals surface area contributed by atoms with Gasteiger partial charge in [0.2, 0.25) is 0 Å². The van der Waals surface area contributed by atoms with E-state index in [4.69, 9.17) is 16.0 Å². The monoisotopic (exact) mass is 424 g/mol. The van der Waals surface area contributed by atoms with Crippen LogP contribution in [0.3, 0.4) is 0 Å². The first kappa shape index (κ1) is 20.6. The zero-order valence-electron chi connectivity index (χ0n) is 17.0. The predicted molar refractivity (Wildman–Crippen MR) is 119 cm³/mol. The van der Waals surface area contributed by atoms with Crippen LogP contribution in [0.25, 0.3) is 11.0 Å². The summed E-state index contributed by atoms with van der Waals surface area (Å²) < 4.78 is 5.74. The molecule has 1 atom stereocenters. The number of carbonyl (C=O) groups excluding carboxylic acids is 1. The number of halogens is 1. The van der Waals surface area contributed by atoms with Crippen LogP contribution in [0.4, 0.5) is 0 Å². The first-order chi connectivity index (χ1) is 14.6. The van der Waals surface area contributed by atoms with E-state index in [-0.39, 0.29) is 17.2 Å². The highest BCUT2D eigenvalue weighted by Gasteiger charge is 2.26. The number of carbonyl (C=O) groups is 1. The number of amides is 1. The molecule has 4 rings (SSSR count). The Hall–Kier alpha value is -2.63. The van der Waals surface area contributed by atoms with Gasteiger partial charge in [0, 0.05) is 17.6 Å². The van der Waals surface area contributed by atoms with Gasteiger partial charge in [-0.15, -0.1) is 0 Å². The Morgan fingerprint density at radius 1 is 1.17 bits per heavy atom. The highest BCUT2D eigenvalue weighted by atomic mass is 35.5. The van der Waals surface area contributed by atoms with Crippen molar-refractivity contribution in [1.29, 1.82) is 0 Å². The first-order valence-corrected chi connectivity index (χ1v) is 10.8. The van der Waals surface area contributed by atoms with Crippen molar-refractivity contribution in [3.05, 3.63) is 80.7 Å². The molecule has 0 aliphatic carbocycles. The highest BCUT2D eigenvalue weighted by Crippen LogP contribution is 2.29. The van der Waals surface area contributed by atoms with Crippen LogP contribution in [0, 0.1) is 0 Å². The number of nitrogens with one attached hydrogen (secondary N) is 1. The normalized spacial score (nSPS) is 15.4. The summed E-state index contributed by atoms with van der Waals surface area (Å²) in [5.41, 5.74) is 2.26. The molecule has 30 heavy (non-hydrogen) atoms. The van der Waals surface area contributed by atoms with E-state index in [0.29, 0.717) is 22.5 Å². The van der Waals surface area contributed by atoms with Crippen LogP contribution in [-0.2, 0) is 6.42 Å². The molecule has 1 aromatic heterocycles. The number of hydrogen-bond acceptors (Lipinski definition) is 4. The van der Waals surface area contributed by atoms with E-state index in [2.05, 4.69) is 10.2 Å². The van der Waals surface area contributed by atoms with Crippen molar-refractivity contribution >= 4 is 28.5 Å². The molecule has 1 unspecified atom stereocenters. The summed E-state index contributed by atoms with van der Waals surface area (Å²) in [5.74, 6) is -0.374. The largest absolute Gasteiger partial charge is 0.451 e. The second-order valence-electron chi connectivity index (χ2n) is 7.65. The molecule has 156 valence electrons. The average molecular weight is 425 g/mol. The Kier molecular flexibility index (Phi) is 6.21. The second kappa shape index (κ2) is 9.02. The van der Waals surface area contributed by atoms with Crippen molar-refractivity contribution in [2.75, 3.05) is 19.6 Å². The van der Waals surface area contributed by atoms with Crippen molar-refractivity contribution in [2.24, 2.45) is 0 Å². The fourth-order valence-electron chi connectivity index (χ4n) is 4.05. The van der Waals surface area contributed by atoms with Gasteiger partial charge in [-0.2, -0.15) is 0 Å². The number of benzene rings is 2. The van der Waals surface area contributed by atoms with Crippen LogP contribution in [-0.4, -0.2) is 30.4 Å². The minimum atomic E-state index is -0.398. The molecule has 0 spiro atoms. The molecule has 1 fully saturated rings. The molecule has 1 amide bonds. The molecule has 0 bridgehead atoms. The van der Waals surface area contributed by atoms with Gasteiger partial charge in [-0.1, -0.05) is 42.8 Å². The van der Waals surface area contributed by atoms with Crippen molar-refractivity contribution in [3.8, 4) is 0 Å². The Morgan fingerprint density at radius 2 is 1.93 bits per heavy atom. The van der Waals surface area contributed by atoms with Gasteiger partial charge in [0.05, 0.1) is 11.4 Å². The van der Waals surface area contributed by atoms with Gasteiger partial charge in [-0.3, -0.25) is 14.5 Å². The minimum Gasteiger partial charge on any atom is -0.451 e. The summed E-state index contributed by atoms with van der Waals surface area (Å²) in [6.07, 6.45) is 3.10. The van der Waals surface area contributed by atoms with Crippen LogP contribution < -0.4 is 10.7 Å². The summed E-state index contributed by atoms with van der Waals surface area (Å²) >= 11 is 6.44. The third-order valence-corrected chi connectivity index (χ3v) is 6.07. The molecule has 1 saturated heterocycles. The maximum atomic E-state index is 12.8. The molecule has 3 aromatic rings. The molecular weight excluding hydrogens is 400 g/mol. The number of aryl methyl sites for hydroxylation is 1. The van der Waals surface area contributed by atoms with E-state index in [0.717, 1.165) is 43.5 Å². The summed E-state index contributed by atoms with van der Waals surface area (Å²) in [4.78, 5) is 27.7. The molecule has 2 aromatic carbocycles. The molecule has 0 saturated carbocycles. The fraction of sp³-hybridized carbons (Fsp3) is 0.333. The van der Waals surface area contributed by atoms with Crippen LogP contribution in [0.1, 0.15) is 47.5 Å². The van der Waals surface area contributed by atoms with Crippen LogP contribution >= 0.6 is 11.6 Å². The number of nitrogens with zero attached hydrogens (tertiary/aromatic N) is 1. The van der Waals surface area contributed by atoms with Gasteiger partial charge >= 0.3 is 0 Å². The molecular formula is C24H25ClN2O3. The standard InChI is InChI=1S/C24H25ClN2O3/c1-2-16-9-10-22-18(13-16)21(28)14-23(30-22)24(29)26-15-20(27-11-5-6-12-27)17-7-3-4-8-19(17)25/h3-4,7-10,13-14,20H,2,5-6,11-12,15H2,1H3,(H,26,29). The lowest BCUT2D eigenvalue weighted by Gasteiger charge is -2.28. The molecule has 1 aliphatic heterocycles. The molecule has 0 radical (unpaired) electrons. The summed E-state index contributed by atoms with van der Waals surface area (Å²) in [5, 5.41) is 4.13. The van der Waals surface area contributed by atoms with Crippen LogP contribution in [0.15, 0.2) is 57.7 Å². The summed E-state index contributed by atoms with van der Waals surface area (Å²) in [6, 6.07) is 14.5. The van der Waals surface area contributed by atoms with Gasteiger partial charge in [-0.25, -0.2) is 0 Å². The van der Waals surface area contributed by atoms with Crippen molar-refractivity contribution < 1.29 is 9.21 Å². The van der Waals surface area contributed by atoms with Crippen LogP contribution in [0.5, 0.6) is 0 Å². The van der Waals surface area contributed by atoms with Gasteiger partial charge in [-0.05, 0) is 61.7 Å². The van der Waals surface area contributed by atoms with Crippen molar-refractivity contribution in [3.63, 3.8) is 0 Å². The third-order valence-electron chi connectivity index (χ3n) is 5.73. The fourth-order valence-corrected chi connectivity index (χ4v) is 4.31. The lowest BCUT2D eigenvalue weighted by molar-refractivity contribution is 0.0910. The lowest BCUT2D eigenvalue weighted by atomic mass is 10.1. The third kappa shape index (κ3) is 4.27. The zero-order chi connectivity index (χ0) is 21.1. The predicted octanol–water partition coefficient (Wildman–Crippen LogP) is 4.58. The second-order valence-corrected chi connectivity index (χ2v) is 8.06. The van der Waals surface area contributed by atoms with Crippen LogP contribution in [0.2, 0.25) is 5.02 Å². The quantitative estimate of drug-likeness (QED) is 0.629. The van der Waals surface area contributed by atoms with Gasteiger partial charge < -0.3 is 9.73 Å². The molecule has 1 aliphatic rings. The number of hydrogen-bond donors (Lipinski definition) is 1. The summed E-state index contributed by atoms with van der Waals surface area (Å²) in [7, 11) is 0. The average Bonchev–Trinajstić information content (AvgIpc) is 3.29. The molecule has 2 heterocycles. The topological polar surface area (TPSA) is 62.6 Å². The minimum absolute atomic E-state index is 0.0237. The van der Waals surface area contributed by atoms with Crippen molar-refractivity contribution in [1.82, 2.24) is 10.2 Å². The number of likely N-dealkylation sites (tertiary alicyclic amines) is 1. The van der Waals surface area contributed by atoms with E-state index in [1.807, 2.05) is 43.3 Å². The Bertz CT molecular complexity index is 1120. The summed E-state index contributed by atoms with van der Waals surface area (Å²) in [6.45, 7) is 4.35. The Morgan fingerprint density at radius 3 is 2.67 bits per heavy atom.